The summed E-state index contributed by atoms with van der Waals surface area (Å²) in [5.41, 5.74) is 0. The van der Waals surface area contributed by atoms with Crippen LogP contribution in [0.4, 0.5) is 0 Å². The molecule has 0 saturated heterocycles. The van der Waals surface area contributed by atoms with Gasteiger partial charge in [0.2, 0.25) is 0 Å². The number of quaternary nitrogens is 1. The fourth-order valence-corrected chi connectivity index (χ4v) is 7.35. The number of aliphatic hydroxyl groups is 2. The van der Waals surface area contributed by atoms with Gasteiger partial charge in [-0.1, -0.05) is 178 Å². The predicted octanol–water partition coefficient (Wildman–Crippen LogP) is 11.6. The number of phosphoric acid groups is 1. The van der Waals surface area contributed by atoms with Crippen molar-refractivity contribution in [1.29, 1.82) is 0 Å². The van der Waals surface area contributed by atoms with Crippen LogP contribution in [-0.2, 0) is 32.7 Å². The lowest BCUT2D eigenvalue weighted by Gasteiger charge is -2.28. The summed E-state index contributed by atoms with van der Waals surface area (Å²) in [6.45, 7) is 3.80. The molecule has 0 aromatic heterocycles. The molecule has 362 valence electrons. The average Bonchev–Trinajstić information content (AvgIpc) is 3.22. The maximum atomic E-state index is 12.7. The maximum absolute atomic E-state index is 12.7. The molecule has 0 aliphatic carbocycles. The Labute approximate surface area is 379 Å². The monoisotopic (exact) mass is 898 g/mol. The molecule has 11 nitrogen and oxygen atoms in total. The van der Waals surface area contributed by atoms with E-state index in [1.54, 1.807) is 0 Å². The number of likely N-dealkylation sites (N-methyl/N-ethyl adjacent to an activating group) is 1. The van der Waals surface area contributed by atoms with Gasteiger partial charge in [0.05, 0.1) is 40.0 Å². The number of aliphatic hydroxyl groups excluding tert-OH is 2. The molecule has 0 radical (unpaired) electrons. The number of ether oxygens (including phenoxy) is 2. The van der Waals surface area contributed by atoms with Gasteiger partial charge in [-0.05, 0) is 51.4 Å². The van der Waals surface area contributed by atoms with Gasteiger partial charge in [0.1, 0.15) is 19.8 Å². The molecule has 62 heavy (non-hydrogen) atoms. The topological polar surface area (TPSA) is 152 Å². The molecule has 0 aliphatic heterocycles. The number of carbonyl (C=O) groups excluding carboxylic acids is 2. The molecule has 2 N–H and O–H groups in total. The van der Waals surface area contributed by atoms with Crippen LogP contribution < -0.4 is 4.89 Å². The van der Waals surface area contributed by atoms with Crippen LogP contribution in [0, 0.1) is 0 Å². The van der Waals surface area contributed by atoms with E-state index in [9.17, 15) is 29.3 Å². The van der Waals surface area contributed by atoms with Gasteiger partial charge >= 0.3 is 11.9 Å². The van der Waals surface area contributed by atoms with Gasteiger partial charge < -0.3 is 38.1 Å². The van der Waals surface area contributed by atoms with Gasteiger partial charge in [-0.25, -0.2) is 0 Å². The molecule has 0 aromatic rings. The fourth-order valence-electron chi connectivity index (χ4n) is 6.63. The minimum atomic E-state index is -4.70. The molecule has 0 bridgehead atoms. The normalized spacial score (nSPS) is 14.9. The number of carbonyl (C=O) groups is 2. The molecule has 0 aromatic carbocycles. The Morgan fingerprint density at radius 1 is 0.581 bits per heavy atom. The predicted molar refractivity (Wildman–Crippen MR) is 252 cm³/mol. The molecule has 0 amide bonds. The smallest absolute Gasteiger partial charge is 0.306 e. The van der Waals surface area contributed by atoms with Crippen LogP contribution in [0.3, 0.4) is 0 Å². The molecule has 12 heteroatoms. The van der Waals surface area contributed by atoms with Crippen molar-refractivity contribution >= 4 is 19.8 Å². The highest BCUT2D eigenvalue weighted by Crippen LogP contribution is 2.38. The van der Waals surface area contributed by atoms with Crippen molar-refractivity contribution in [1.82, 2.24) is 0 Å². The number of phosphoric ester groups is 1. The number of esters is 2. The molecular formula is C50H92NO10P. The van der Waals surface area contributed by atoms with Crippen molar-refractivity contribution in [3.63, 3.8) is 0 Å². The second-order valence-corrected chi connectivity index (χ2v) is 19.2. The second kappa shape index (κ2) is 41.6. The van der Waals surface area contributed by atoms with Crippen LogP contribution in [0.1, 0.15) is 194 Å². The van der Waals surface area contributed by atoms with E-state index >= 15 is 0 Å². The van der Waals surface area contributed by atoms with E-state index in [1.165, 1.54) is 96.3 Å². The first-order valence-electron chi connectivity index (χ1n) is 24.5. The summed E-state index contributed by atoms with van der Waals surface area (Å²) < 4.78 is 33.8. The highest BCUT2D eigenvalue weighted by atomic mass is 31.2. The van der Waals surface area contributed by atoms with E-state index in [1.807, 2.05) is 33.3 Å². The fraction of sp³-hybridized carbons (Fsp3) is 0.800. The van der Waals surface area contributed by atoms with Crippen LogP contribution in [0.15, 0.2) is 48.6 Å². The van der Waals surface area contributed by atoms with Gasteiger partial charge in [-0.3, -0.25) is 14.2 Å². The maximum Gasteiger partial charge on any atom is 0.306 e. The van der Waals surface area contributed by atoms with Crippen LogP contribution >= 0.6 is 7.82 Å². The first-order chi connectivity index (χ1) is 29.8. The first kappa shape index (κ1) is 59.9. The van der Waals surface area contributed by atoms with Gasteiger partial charge in [0.25, 0.3) is 7.82 Å². The highest BCUT2D eigenvalue weighted by molar-refractivity contribution is 7.45. The Bertz CT molecular complexity index is 1230. The Morgan fingerprint density at radius 2 is 1.03 bits per heavy atom. The van der Waals surface area contributed by atoms with Gasteiger partial charge in [-0.15, -0.1) is 0 Å². The lowest BCUT2D eigenvalue weighted by molar-refractivity contribution is -0.870. The van der Waals surface area contributed by atoms with Crippen molar-refractivity contribution in [3.05, 3.63) is 48.6 Å². The minimum absolute atomic E-state index is 0.0388. The number of unbranched alkanes of at least 4 members (excludes halogenated alkanes) is 18. The van der Waals surface area contributed by atoms with E-state index in [4.69, 9.17) is 18.5 Å². The lowest BCUT2D eigenvalue weighted by atomic mass is 10.0. The van der Waals surface area contributed by atoms with E-state index in [0.717, 1.165) is 44.9 Å². The zero-order valence-electron chi connectivity index (χ0n) is 40.0. The number of hydrogen-bond donors (Lipinski definition) is 2. The van der Waals surface area contributed by atoms with Gasteiger partial charge in [0, 0.05) is 12.8 Å². The van der Waals surface area contributed by atoms with Crippen molar-refractivity contribution in [3.8, 4) is 0 Å². The van der Waals surface area contributed by atoms with Crippen LogP contribution in [-0.4, -0.2) is 92.5 Å². The van der Waals surface area contributed by atoms with Crippen LogP contribution in [0.5, 0.6) is 0 Å². The Hall–Kier alpha value is -2.11. The summed E-state index contributed by atoms with van der Waals surface area (Å²) >= 11 is 0. The summed E-state index contributed by atoms with van der Waals surface area (Å²) in [7, 11) is 1.01. The molecule has 0 heterocycles. The standard InChI is InChI=1S/C50H92NO10P/c1-6-8-10-12-14-16-18-20-21-22-23-24-25-26-28-30-32-34-36-40-50(55)61-46(45-60-62(56,57)59-43-42-51(3,4)5)44-58-49(54)41-37-39-48(53)47(52)38-35-33-31-29-27-19-17-15-13-11-9-7-2/h9,11,15,17,27,29,33,35,46-48,52-53H,6-8,10,12-14,16,18-26,28,30-32,34,36-45H2,1-5H3/b11-9-,17-15-,29-27-,35-33-/t46-,47+,48+/m1/s1. The zero-order chi connectivity index (χ0) is 46.0. The molecule has 0 aliphatic rings. The number of hydrogen-bond acceptors (Lipinski definition) is 10. The summed E-state index contributed by atoms with van der Waals surface area (Å²) in [5, 5.41) is 20.7. The molecule has 1 unspecified atom stereocenters. The SMILES string of the molecule is CC/C=C\C/C=C\C/C=C\C/C=C\C[C@H](O)[C@@H](O)CCCC(=O)OC[C@H](COP(=O)([O-])OCC[N+](C)(C)C)OC(=O)CCCCCCCCCCCCCCCCCCCCC. The minimum Gasteiger partial charge on any atom is -0.756 e. The third-order valence-corrected chi connectivity index (χ3v) is 11.5. The lowest BCUT2D eigenvalue weighted by Crippen LogP contribution is -2.37. The molecule has 0 fully saturated rings. The number of allylic oxidation sites excluding steroid dienone is 7. The summed E-state index contributed by atoms with van der Waals surface area (Å²) in [6.07, 6.45) is 41.7. The zero-order valence-corrected chi connectivity index (χ0v) is 40.9. The van der Waals surface area contributed by atoms with Crippen LogP contribution in [0.2, 0.25) is 0 Å². The van der Waals surface area contributed by atoms with Gasteiger partial charge in [-0.2, -0.15) is 0 Å². The van der Waals surface area contributed by atoms with Crippen molar-refractivity contribution in [2.45, 2.75) is 212 Å². The summed E-state index contributed by atoms with van der Waals surface area (Å²) in [4.78, 5) is 37.7. The van der Waals surface area contributed by atoms with E-state index < -0.39 is 44.7 Å². The summed E-state index contributed by atoms with van der Waals surface area (Å²) in [6, 6.07) is 0. The quantitative estimate of drug-likeness (QED) is 0.0199. The second-order valence-electron chi connectivity index (χ2n) is 17.8. The van der Waals surface area contributed by atoms with Gasteiger partial charge in [0.15, 0.2) is 6.10 Å². The van der Waals surface area contributed by atoms with Crippen LogP contribution in [0.25, 0.3) is 0 Å². The highest BCUT2D eigenvalue weighted by Gasteiger charge is 2.22. The third-order valence-electron chi connectivity index (χ3n) is 10.6. The first-order valence-corrected chi connectivity index (χ1v) is 26.0. The number of rotatable bonds is 44. The summed E-state index contributed by atoms with van der Waals surface area (Å²) in [5.74, 6) is -1.12. The van der Waals surface area contributed by atoms with E-state index in [0.29, 0.717) is 23.9 Å². The third kappa shape index (κ3) is 43.2. The molecular weight excluding hydrogens is 806 g/mol. The molecule has 0 saturated carbocycles. The number of nitrogens with zero attached hydrogens (tertiary/aromatic N) is 1. The Kier molecular flexibility index (Phi) is 40.2. The Balaban J connectivity index is 4.49. The van der Waals surface area contributed by atoms with Crippen molar-refractivity contribution < 1.29 is 52.3 Å². The largest absolute Gasteiger partial charge is 0.756 e. The van der Waals surface area contributed by atoms with E-state index in [-0.39, 0.29) is 38.9 Å². The molecule has 0 spiro atoms. The molecule has 0 rings (SSSR count). The average molecular weight is 898 g/mol. The van der Waals surface area contributed by atoms with E-state index in [2.05, 4.69) is 50.3 Å². The van der Waals surface area contributed by atoms with Crippen molar-refractivity contribution in [2.75, 3.05) is 47.5 Å². The Morgan fingerprint density at radius 3 is 1.52 bits per heavy atom. The molecule has 4 atom stereocenters. The van der Waals surface area contributed by atoms with Crippen molar-refractivity contribution in [2.24, 2.45) is 0 Å².